The normalized spacial score (nSPS) is 12.4. The maximum absolute atomic E-state index is 12.4. The van der Waals surface area contributed by atoms with Crippen LogP contribution in [0.3, 0.4) is 0 Å². The summed E-state index contributed by atoms with van der Waals surface area (Å²) in [7, 11) is 1.53. The molecule has 3 aromatic rings. The van der Waals surface area contributed by atoms with Gasteiger partial charge in [-0.2, -0.15) is 10.1 Å². The minimum absolute atomic E-state index is 0.0186. The van der Waals surface area contributed by atoms with Gasteiger partial charge in [-0.3, -0.25) is 14.3 Å². The number of benzene rings is 1. The van der Waals surface area contributed by atoms with E-state index < -0.39 is 5.91 Å². The molecule has 10 heteroatoms. The number of aromatic nitrogens is 4. The van der Waals surface area contributed by atoms with E-state index in [0.29, 0.717) is 0 Å². The number of likely N-dealkylation sites (N-methyl/N-ethyl adjacent to an activating group) is 1. The molecule has 0 radical (unpaired) electrons. The summed E-state index contributed by atoms with van der Waals surface area (Å²) < 4.78 is 1.36. The van der Waals surface area contributed by atoms with Crippen molar-refractivity contribution in [3.63, 3.8) is 0 Å². The van der Waals surface area contributed by atoms with E-state index in [2.05, 4.69) is 25.4 Å². The predicted molar refractivity (Wildman–Crippen MR) is 113 cm³/mol. The molecule has 0 spiro atoms. The lowest BCUT2D eigenvalue weighted by molar-refractivity contribution is -0.121. The Hall–Kier alpha value is -4.08. The highest BCUT2D eigenvalue weighted by atomic mass is 16.2. The van der Waals surface area contributed by atoms with E-state index in [1.54, 1.807) is 12.4 Å². The van der Waals surface area contributed by atoms with Crippen LogP contribution in [0.4, 0.5) is 5.95 Å². The zero-order chi connectivity index (χ0) is 21.7. The molecule has 154 valence electrons. The molecule has 30 heavy (non-hydrogen) atoms. The third-order valence-corrected chi connectivity index (χ3v) is 4.55. The Morgan fingerprint density at radius 2 is 1.80 bits per heavy atom. The van der Waals surface area contributed by atoms with Crippen LogP contribution in [0.2, 0.25) is 0 Å². The molecule has 10 nitrogen and oxygen atoms in total. The van der Waals surface area contributed by atoms with Crippen LogP contribution in [0.5, 0.6) is 0 Å². The first-order chi connectivity index (χ1) is 14.4. The minimum Gasteiger partial charge on any atom is -0.387 e. The third kappa shape index (κ3) is 4.85. The molecule has 2 heterocycles. The number of hydrogen-bond donors (Lipinski definition) is 3. The fourth-order valence-corrected chi connectivity index (χ4v) is 2.69. The molecule has 5 N–H and O–H groups in total. The largest absolute Gasteiger partial charge is 0.387 e. The van der Waals surface area contributed by atoms with Gasteiger partial charge in [0.05, 0.1) is 11.8 Å². The second-order valence-corrected chi connectivity index (χ2v) is 6.62. The maximum atomic E-state index is 12.4. The first-order valence-corrected chi connectivity index (χ1v) is 9.16. The Kier molecular flexibility index (Phi) is 6.16. The molecule has 0 aliphatic rings. The van der Waals surface area contributed by atoms with Crippen molar-refractivity contribution in [1.82, 2.24) is 25.1 Å². The topological polar surface area (TPSA) is 154 Å². The number of rotatable bonds is 6. The Balaban J connectivity index is 1.70. The van der Waals surface area contributed by atoms with Crippen molar-refractivity contribution < 1.29 is 9.59 Å². The number of carbonyl (C=O) groups is 2. The summed E-state index contributed by atoms with van der Waals surface area (Å²) in [5.74, 6) is -0.605. The van der Waals surface area contributed by atoms with E-state index in [9.17, 15) is 9.59 Å². The highest BCUT2D eigenvalue weighted by Gasteiger charge is 2.15. The maximum Gasteiger partial charge on any atom is 0.281 e. The standard InChI is InChI=1S/C20H22N8O2/c1-12(13-3-5-14(6-4-13)15-7-24-20(22)25-8-15)18(21)27-19(30)16-9-26-28(10-16)11-17(29)23-2/h3-10,12H,11H2,1-2H3,(H,23,29)(H2,21,27,30)(H2,22,24,25). The van der Waals surface area contributed by atoms with Crippen molar-refractivity contribution in [2.24, 2.45) is 10.7 Å². The molecule has 1 aromatic carbocycles. The summed E-state index contributed by atoms with van der Waals surface area (Å²) in [4.78, 5) is 35.7. The predicted octanol–water partition coefficient (Wildman–Crippen LogP) is 0.969. The van der Waals surface area contributed by atoms with E-state index in [4.69, 9.17) is 11.5 Å². The number of amides is 2. The molecular formula is C20H22N8O2. The van der Waals surface area contributed by atoms with Crippen LogP contribution in [-0.4, -0.2) is 44.4 Å². The van der Waals surface area contributed by atoms with Crippen LogP contribution in [0, 0.1) is 0 Å². The number of nitrogens with two attached hydrogens (primary N) is 2. The minimum atomic E-state index is -0.516. The van der Waals surface area contributed by atoms with E-state index in [1.807, 2.05) is 31.2 Å². The van der Waals surface area contributed by atoms with Gasteiger partial charge in [-0.1, -0.05) is 31.2 Å². The van der Waals surface area contributed by atoms with Crippen LogP contribution in [0.1, 0.15) is 28.8 Å². The van der Waals surface area contributed by atoms with Crippen molar-refractivity contribution in [2.75, 3.05) is 12.8 Å². The Labute approximate surface area is 173 Å². The Morgan fingerprint density at radius 3 is 2.43 bits per heavy atom. The average molecular weight is 406 g/mol. The molecule has 2 aromatic heterocycles. The summed E-state index contributed by atoms with van der Waals surface area (Å²) in [6.07, 6.45) is 6.12. The summed E-state index contributed by atoms with van der Waals surface area (Å²) in [5.41, 5.74) is 14.5. The van der Waals surface area contributed by atoms with Crippen molar-refractivity contribution >= 4 is 23.6 Å². The summed E-state index contributed by atoms with van der Waals surface area (Å²) in [6.45, 7) is 1.88. The first-order valence-electron chi connectivity index (χ1n) is 9.16. The van der Waals surface area contributed by atoms with Crippen LogP contribution >= 0.6 is 0 Å². The van der Waals surface area contributed by atoms with Gasteiger partial charge >= 0.3 is 0 Å². The monoisotopic (exact) mass is 406 g/mol. The van der Waals surface area contributed by atoms with Gasteiger partial charge in [0.25, 0.3) is 5.91 Å². The van der Waals surface area contributed by atoms with E-state index in [1.165, 1.54) is 24.1 Å². The van der Waals surface area contributed by atoms with Crippen molar-refractivity contribution in [3.8, 4) is 11.1 Å². The lowest BCUT2D eigenvalue weighted by atomic mass is 9.97. The Bertz CT molecular complexity index is 1070. The average Bonchev–Trinajstić information content (AvgIpc) is 3.22. The molecule has 3 rings (SSSR count). The van der Waals surface area contributed by atoms with Crippen molar-refractivity contribution in [1.29, 1.82) is 0 Å². The first kappa shape index (κ1) is 20.6. The number of hydrogen-bond acceptors (Lipinski definition) is 6. The van der Waals surface area contributed by atoms with Gasteiger partial charge in [0.15, 0.2) is 0 Å². The molecule has 0 aliphatic heterocycles. The smallest absolute Gasteiger partial charge is 0.281 e. The number of nitrogens with zero attached hydrogens (tertiary/aromatic N) is 5. The second kappa shape index (κ2) is 8.95. The van der Waals surface area contributed by atoms with Crippen molar-refractivity contribution in [2.45, 2.75) is 19.4 Å². The zero-order valence-electron chi connectivity index (χ0n) is 16.6. The summed E-state index contributed by atoms with van der Waals surface area (Å²) in [5, 5.41) is 6.48. The fourth-order valence-electron chi connectivity index (χ4n) is 2.69. The molecule has 2 amide bonds. The number of amidine groups is 1. The fraction of sp³-hybridized carbons (Fsp3) is 0.200. The van der Waals surface area contributed by atoms with Crippen LogP contribution in [0.15, 0.2) is 54.0 Å². The highest BCUT2D eigenvalue weighted by molar-refractivity contribution is 6.04. The number of nitrogens with one attached hydrogen (secondary N) is 1. The molecule has 1 atom stereocenters. The van der Waals surface area contributed by atoms with Gasteiger partial charge in [0.1, 0.15) is 12.4 Å². The van der Waals surface area contributed by atoms with Gasteiger partial charge in [-0.25, -0.2) is 9.97 Å². The second-order valence-electron chi connectivity index (χ2n) is 6.62. The van der Waals surface area contributed by atoms with E-state index in [-0.39, 0.29) is 35.7 Å². The third-order valence-electron chi connectivity index (χ3n) is 4.55. The molecular weight excluding hydrogens is 384 g/mol. The molecule has 0 bridgehead atoms. The van der Waals surface area contributed by atoms with Crippen LogP contribution in [-0.2, 0) is 11.3 Å². The van der Waals surface area contributed by atoms with Crippen LogP contribution < -0.4 is 16.8 Å². The van der Waals surface area contributed by atoms with E-state index in [0.717, 1.165) is 16.7 Å². The van der Waals surface area contributed by atoms with Crippen molar-refractivity contribution in [3.05, 3.63) is 60.2 Å². The number of anilines is 1. The van der Waals surface area contributed by atoms with Gasteiger partial charge in [0.2, 0.25) is 11.9 Å². The highest BCUT2D eigenvalue weighted by Crippen LogP contribution is 2.22. The van der Waals surface area contributed by atoms with Gasteiger partial charge in [-0.15, -0.1) is 0 Å². The quantitative estimate of drug-likeness (QED) is 0.407. The Morgan fingerprint density at radius 1 is 1.13 bits per heavy atom. The number of nitrogen functional groups attached to an aromatic ring is 1. The zero-order valence-corrected chi connectivity index (χ0v) is 16.6. The lowest BCUT2D eigenvalue weighted by Gasteiger charge is -2.12. The van der Waals surface area contributed by atoms with Gasteiger partial charge < -0.3 is 16.8 Å². The van der Waals surface area contributed by atoms with Gasteiger partial charge in [0, 0.05) is 37.1 Å². The molecule has 0 saturated heterocycles. The lowest BCUT2D eigenvalue weighted by Crippen LogP contribution is -2.23. The molecule has 0 aliphatic carbocycles. The SMILES string of the molecule is CNC(=O)Cn1cc(C(=O)N=C(N)C(C)c2ccc(-c3cnc(N)nc3)cc2)cn1. The summed E-state index contributed by atoms with van der Waals surface area (Å²) in [6, 6.07) is 7.65. The van der Waals surface area contributed by atoms with Crippen LogP contribution in [0.25, 0.3) is 11.1 Å². The number of aliphatic imine (C=N–C) groups is 1. The summed E-state index contributed by atoms with van der Waals surface area (Å²) >= 11 is 0. The molecule has 0 saturated carbocycles. The van der Waals surface area contributed by atoms with Gasteiger partial charge in [-0.05, 0) is 11.1 Å². The molecule has 1 unspecified atom stereocenters. The van der Waals surface area contributed by atoms with E-state index >= 15 is 0 Å². The number of carbonyl (C=O) groups excluding carboxylic acids is 2. The molecule has 0 fully saturated rings.